The maximum absolute atomic E-state index is 11.0. The van der Waals surface area contributed by atoms with Gasteiger partial charge in [0.2, 0.25) is 0 Å². The molecule has 0 amide bonds. The van der Waals surface area contributed by atoms with Crippen LogP contribution in [0.5, 0.6) is 0 Å². The van der Waals surface area contributed by atoms with Crippen LogP contribution >= 0.6 is 0 Å². The van der Waals surface area contributed by atoms with Crippen LogP contribution in [-0.2, 0) is 14.3 Å². The Balaban J connectivity index is 3.39. The lowest BCUT2D eigenvalue weighted by Gasteiger charge is -2.03. The molecular weight excluding hydrogens is 216 g/mol. The van der Waals surface area contributed by atoms with Crippen molar-refractivity contribution in [3.63, 3.8) is 0 Å². The van der Waals surface area contributed by atoms with E-state index in [2.05, 4.69) is 19.6 Å². The highest BCUT2D eigenvalue weighted by atomic mass is 16.6. The monoisotopic (exact) mass is 238 g/mol. The maximum atomic E-state index is 11.0. The number of unbranched alkanes of at least 4 members (excludes halogenated alkanes) is 2. The minimum absolute atomic E-state index is 0.246. The highest BCUT2D eigenvalue weighted by molar-refractivity contribution is 5.86. The fourth-order valence-corrected chi connectivity index (χ4v) is 0.971. The molecule has 0 aliphatic heterocycles. The van der Waals surface area contributed by atoms with Crippen molar-refractivity contribution >= 4 is 5.97 Å². The quantitative estimate of drug-likeness (QED) is 0.203. The van der Waals surface area contributed by atoms with Gasteiger partial charge in [-0.05, 0) is 19.4 Å². The van der Waals surface area contributed by atoms with Crippen LogP contribution in [0.3, 0.4) is 0 Å². The second kappa shape index (κ2) is 11.0. The fourth-order valence-electron chi connectivity index (χ4n) is 0.971. The largest absolute Gasteiger partial charge is 0.498 e. The SMILES string of the molecule is C=C(C)C(=O)OCCOC=CC=CCCCC. The molecule has 0 atom stereocenters. The Hall–Kier alpha value is -1.51. The Morgan fingerprint density at radius 3 is 2.71 bits per heavy atom. The number of ether oxygens (including phenoxy) is 2. The summed E-state index contributed by atoms with van der Waals surface area (Å²) in [5.41, 5.74) is 0.402. The highest BCUT2D eigenvalue weighted by Crippen LogP contribution is 1.95. The van der Waals surface area contributed by atoms with E-state index in [4.69, 9.17) is 9.47 Å². The van der Waals surface area contributed by atoms with Gasteiger partial charge in [-0.1, -0.05) is 38.5 Å². The first kappa shape index (κ1) is 15.5. The van der Waals surface area contributed by atoms with Gasteiger partial charge in [0, 0.05) is 5.57 Å². The molecule has 0 saturated heterocycles. The molecule has 0 bridgehead atoms. The Kier molecular flexibility index (Phi) is 10.0. The molecule has 3 heteroatoms. The first-order valence-corrected chi connectivity index (χ1v) is 5.94. The number of hydrogen-bond acceptors (Lipinski definition) is 3. The third-order valence-corrected chi connectivity index (χ3v) is 1.93. The maximum Gasteiger partial charge on any atom is 0.333 e. The van der Waals surface area contributed by atoms with Gasteiger partial charge in [-0.2, -0.15) is 0 Å². The van der Waals surface area contributed by atoms with E-state index in [1.54, 1.807) is 13.2 Å². The summed E-state index contributed by atoms with van der Waals surface area (Å²) >= 11 is 0. The molecule has 0 fully saturated rings. The van der Waals surface area contributed by atoms with Gasteiger partial charge in [-0.25, -0.2) is 4.79 Å². The molecule has 96 valence electrons. The van der Waals surface area contributed by atoms with Crippen molar-refractivity contribution in [1.82, 2.24) is 0 Å². The van der Waals surface area contributed by atoms with E-state index in [0.717, 1.165) is 6.42 Å². The van der Waals surface area contributed by atoms with Crippen LogP contribution < -0.4 is 0 Å². The van der Waals surface area contributed by atoms with Gasteiger partial charge < -0.3 is 9.47 Å². The van der Waals surface area contributed by atoms with Crippen LogP contribution in [0.1, 0.15) is 33.1 Å². The van der Waals surface area contributed by atoms with E-state index >= 15 is 0 Å². The fraction of sp³-hybridized carbons (Fsp3) is 0.500. The Bertz CT molecular complexity index is 277. The molecular formula is C14H22O3. The van der Waals surface area contributed by atoms with Gasteiger partial charge in [0.1, 0.15) is 13.2 Å². The van der Waals surface area contributed by atoms with Gasteiger partial charge >= 0.3 is 5.97 Å². The number of hydrogen-bond donors (Lipinski definition) is 0. The van der Waals surface area contributed by atoms with E-state index in [9.17, 15) is 4.79 Å². The molecule has 0 unspecified atom stereocenters. The summed E-state index contributed by atoms with van der Waals surface area (Å²) in [4.78, 5) is 11.0. The lowest BCUT2D eigenvalue weighted by molar-refractivity contribution is -0.139. The predicted octanol–water partition coefficient (Wildman–Crippen LogP) is 3.38. The minimum atomic E-state index is -0.378. The second-order valence-electron chi connectivity index (χ2n) is 3.69. The third kappa shape index (κ3) is 10.8. The molecule has 0 aromatic heterocycles. The predicted molar refractivity (Wildman–Crippen MR) is 69.5 cm³/mol. The Morgan fingerprint density at radius 2 is 2.06 bits per heavy atom. The second-order valence-corrected chi connectivity index (χ2v) is 3.69. The topological polar surface area (TPSA) is 35.5 Å². The van der Waals surface area contributed by atoms with Crippen LogP contribution in [0.2, 0.25) is 0 Å². The number of allylic oxidation sites excluding steroid dienone is 3. The van der Waals surface area contributed by atoms with Crippen molar-refractivity contribution in [3.8, 4) is 0 Å². The summed E-state index contributed by atoms with van der Waals surface area (Å²) in [5.74, 6) is -0.378. The van der Waals surface area contributed by atoms with Gasteiger partial charge in [-0.15, -0.1) is 0 Å². The first-order valence-electron chi connectivity index (χ1n) is 5.94. The highest BCUT2D eigenvalue weighted by Gasteiger charge is 2.00. The van der Waals surface area contributed by atoms with Crippen molar-refractivity contribution in [3.05, 3.63) is 36.6 Å². The van der Waals surface area contributed by atoms with Crippen molar-refractivity contribution < 1.29 is 14.3 Å². The number of carbonyl (C=O) groups is 1. The Morgan fingerprint density at radius 1 is 1.29 bits per heavy atom. The summed E-state index contributed by atoms with van der Waals surface area (Å²) in [6.07, 6.45) is 11.0. The van der Waals surface area contributed by atoms with E-state index in [1.165, 1.54) is 12.8 Å². The van der Waals surface area contributed by atoms with Crippen LogP contribution in [0, 0.1) is 0 Å². The van der Waals surface area contributed by atoms with Crippen molar-refractivity contribution in [2.75, 3.05) is 13.2 Å². The lowest BCUT2D eigenvalue weighted by atomic mass is 10.2. The molecule has 0 heterocycles. The van der Waals surface area contributed by atoms with Crippen LogP contribution in [0.25, 0.3) is 0 Å². The van der Waals surface area contributed by atoms with Gasteiger partial charge in [0.05, 0.1) is 6.26 Å². The molecule has 0 saturated carbocycles. The van der Waals surface area contributed by atoms with E-state index < -0.39 is 0 Å². The summed E-state index contributed by atoms with van der Waals surface area (Å²) in [5, 5.41) is 0. The zero-order chi connectivity index (χ0) is 12.9. The number of esters is 1. The summed E-state index contributed by atoms with van der Waals surface area (Å²) in [7, 11) is 0. The van der Waals surface area contributed by atoms with Crippen molar-refractivity contribution in [1.29, 1.82) is 0 Å². The summed E-state index contributed by atoms with van der Waals surface area (Å²) in [6.45, 7) is 7.87. The lowest BCUT2D eigenvalue weighted by Crippen LogP contribution is -2.09. The molecule has 0 aromatic carbocycles. The van der Waals surface area contributed by atoms with Crippen molar-refractivity contribution in [2.45, 2.75) is 33.1 Å². The molecule has 0 aromatic rings. The van der Waals surface area contributed by atoms with Gasteiger partial charge in [-0.3, -0.25) is 0 Å². The first-order chi connectivity index (χ1) is 8.18. The zero-order valence-electron chi connectivity index (χ0n) is 10.8. The molecule has 0 spiro atoms. The minimum Gasteiger partial charge on any atom is -0.498 e. The van der Waals surface area contributed by atoms with Gasteiger partial charge in [0.15, 0.2) is 0 Å². The van der Waals surface area contributed by atoms with E-state index in [0.29, 0.717) is 12.2 Å². The average Bonchev–Trinajstić information content (AvgIpc) is 2.31. The molecule has 0 aliphatic rings. The Labute approximate surface area is 104 Å². The molecule has 0 aliphatic carbocycles. The third-order valence-electron chi connectivity index (χ3n) is 1.93. The normalized spacial score (nSPS) is 10.9. The molecule has 17 heavy (non-hydrogen) atoms. The average molecular weight is 238 g/mol. The van der Waals surface area contributed by atoms with E-state index in [-0.39, 0.29) is 12.6 Å². The standard InChI is InChI=1S/C14H22O3/c1-4-5-6-7-8-9-10-16-11-12-17-14(15)13(2)3/h7-10H,2,4-6,11-12H2,1,3H3. The van der Waals surface area contributed by atoms with Crippen LogP contribution in [0.15, 0.2) is 36.6 Å². The molecule has 0 radical (unpaired) electrons. The molecule has 0 rings (SSSR count). The smallest absolute Gasteiger partial charge is 0.333 e. The van der Waals surface area contributed by atoms with E-state index in [1.807, 2.05) is 12.2 Å². The number of carbonyl (C=O) groups excluding carboxylic acids is 1. The van der Waals surface area contributed by atoms with Crippen LogP contribution in [0.4, 0.5) is 0 Å². The summed E-state index contributed by atoms with van der Waals surface area (Å²) in [6, 6.07) is 0. The van der Waals surface area contributed by atoms with Crippen molar-refractivity contribution in [2.24, 2.45) is 0 Å². The summed E-state index contributed by atoms with van der Waals surface area (Å²) < 4.78 is 9.98. The van der Waals surface area contributed by atoms with Crippen LogP contribution in [-0.4, -0.2) is 19.2 Å². The molecule has 0 N–H and O–H groups in total. The molecule has 3 nitrogen and oxygen atoms in total. The number of rotatable bonds is 9. The van der Waals surface area contributed by atoms with Gasteiger partial charge in [0.25, 0.3) is 0 Å². The zero-order valence-corrected chi connectivity index (χ0v) is 10.8.